The van der Waals surface area contributed by atoms with Crippen molar-refractivity contribution in [3.05, 3.63) is 0 Å². The predicted molar refractivity (Wildman–Crippen MR) is 45.2 cm³/mol. The number of Topliss-reactive ketones (excluding diaryl/α,β-unsaturated/α-hetero) is 1. The van der Waals surface area contributed by atoms with Gasteiger partial charge in [-0.3, -0.25) is 4.79 Å². The van der Waals surface area contributed by atoms with Crippen molar-refractivity contribution in [2.24, 2.45) is 11.7 Å². The largest absolute Gasteiger partial charge is 0.328 e. The van der Waals surface area contributed by atoms with E-state index in [-0.39, 0.29) is 6.04 Å². The number of nitrogens with two attached hydrogens (primary N) is 1. The average molecular weight is 155 g/mol. The Balaban J connectivity index is 2.09. The van der Waals surface area contributed by atoms with Crippen molar-refractivity contribution in [3.8, 4) is 0 Å². The van der Waals surface area contributed by atoms with E-state index in [1.165, 1.54) is 19.3 Å². The van der Waals surface area contributed by atoms with E-state index in [9.17, 15) is 4.79 Å². The van der Waals surface area contributed by atoms with E-state index in [1.54, 1.807) is 0 Å². The molecule has 0 aromatic heterocycles. The van der Waals surface area contributed by atoms with Crippen molar-refractivity contribution in [1.29, 1.82) is 0 Å². The van der Waals surface area contributed by atoms with Crippen molar-refractivity contribution >= 4 is 5.78 Å². The number of carbonyl (C=O) groups excluding carboxylic acids is 1. The Morgan fingerprint density at radius 1 is 1.64 bits per heavy atom. The molecule has 0 heterocycles. The van der Waals surface area contributed by atoms with E-state index in [0.717, 1.165) is 6.42 Å². The van der Waals surface area contributed by atoms with Crippen molar-refractivity contribution in [2.75, 3.05) is 0 Å². The minimum Gasteiger partial charge on any atom is -0.328 e. The molecule has 0 bridgehead atoms. The van der Waals surface area contributed by atoms with Gasteiger partial charge in [0.2, 0.25) is 0 Å². The number of carbonyl (C=O) groups is 1. The zero-order valence-electron chi connectivity index (χ0n) is 7.18. The third-order valence-corrected chi connectivity index (χ3v) is 2.29. The van der Waals surface area contributed by atoms with Crippen LogP contribution in [0.4, 0.5) is 0 Å². The Morgan fingerprint density at radius 2 is 2.27 bits per heavy atom. The number of rotatable bonds is 4. The van der Waals surface area contributed by atoms with Gasteiger partial charge in [0.1, 0.15) is 5.78 Å². The zero-order chi connectivity index (χ0) is 8.27. The second kappa shape index (κ2) is 3.86. The van der Waals surface area contributed by atoms with Gasteiger partial charge in [0.15, 0.2) is 0 Å². The Bertz CT molecular complexity index is 138. The highest BCUT2D eigenvalue weighted by atomic mass is 16.1. The number of ketones is 1. The summed E-state index contributed by atoms with van der Waals surface area (Å²) in [5.74, 6) is 1.05. The summed E-state index contributed by atoms with van der Waals surface area (Å²) in [6, 6.07) is 0.0441. The van der Waals surface area contributed by atoms with Crippen molar-refractivity contribution < 1.29 is 4.79 Å². The molecule has 0 radical (unpaired) electrons. The third-order valence-electron chi connectivity index (χ3n) is 2.29. The molecular formula is C9H17NO. The van der Waals surface area contributed by atoms with Gasteiger partial charge in [-0.25, -0.2) is 0 Å². The molecule has 0 aromatic rings. The number of hydrogen-bond acceptors (Lipinski definition) is 2. The molecule has 0 unspecified atom stereocenters. The smallest absolute Gasteiger partial charge is 0.134 e. The maximum Gasteiger partial charge on any atom is 0.134 e. The average Bonchev–Trinajstić information content (AvgIpc) is 1.77. The first-order valence-electron chi connectivity index (χ1n) is 4.45. The molecule has 1 saturated carbocycles. The van der Waals surface area contributed by atoms with Gasteiger partial charge in [0, 0.05) is 18.9 Å². The van der Waals surface area contributed by atoms with E-state index in [2.05, 4.69) is 0 Å². The van der Waals surface area contributed by atoms with Crippen LogP contribution in [0.5, 0.6) is 0 Å². The van der Waals surface area contributed by atoms with Crippen LogP contribution in [-0.2, 0) is 4.79 Å². The normalized spacial score (nSPS) is 20.9. The summed E-state index contributed by atoms with van der Waals surface area (Å²) < 4.78 is 0. The molecule has 1 aliphatic rings. The fraction of sp³-hybridized carbons (Fsp3) is 0.889. The predicted octanol–water partition coefficient (Wildman–Crippen LogP) is 1.48. The quantitative estimate of drug-likeness (QED) is 0.668. The number of hydrogen-bond donors (Lipinski definition) is 1. The highest BCUT2D eigenvalue weighted by Gasteiger charge is 2.20. The van der Waals surface area contributed by atoms with Gasteiger partial charge < -0.3 is 5.73 Å². The third kappa shape index (κ3) is 3.02. The van der Waals surface area contributed by atoms with E-state index in [4.69, 9.17) is 5.73 Å². The molecule has 2 N–H and O–H groups in total. The van der Waals surface area contributed by atoms with Crippen LogP contribution < -0.4 is 5.73 Å². The minimum absolute atomic E-state index is 0.0441. The van der Waals surface area contributed by atoms with Crippen molar-refractivity contribution in [1.82, 2.24) is 0 Å². The van der Waals surface area contributed by atoms with Crippen LogP contribution in [0.1, 0.15) is 39.0 Å². The summed E-state index contributed by atoms with van der Waals surface area (Å²) in [5.41, 5.74) is 5.51. The lowest BCUT2D eigenvalue weighted by atomic mass is 9.81. The molecule has 2 nitrogen and oxygen atoms in total. The van der Waals surface area contributed by atoms with Gasteiger partial charge in [-0.2, -0.15) is 0 Å². The molecule has 0 aliphatic heterocycles. The highest BCUT2D eigenvalue weighted by Crippen LogP contribution is 2.29. The molecule has 0 aromatic carbocycles. The summed E-state index contributed by atoms with van der Waals surface area (Å²) >= 11 is 0. The summed E-state index contributed by atoms with van der Waals surface area (Å²) in [7, 11) is 0. The molecule has 2 heteroatoms. The first-order valence-corrected chi connectivity index (χ1v) is 4.45. The Morgan fingerprint density at radius 3 is 2.64 bits per heavy atom. The molecular weight excluding hydrogens is 138 g/mol. The Kier molecular flexibility index (Phi) is 3.06. The van der Waals surface area contributed by atoms with Crippen LogP contribution in [0.2, 0.25) is 0 Å². The summed E-state index contributed by atoms with van der Waals surface area (Å²) in [6.07, 6.45) is 5.17. The molecule has 0 spiro atoms. The molecule has 11 heavy (non-hydrogen) atoms. The first-order chi connectivity index (χ1) is 5.18. The van der Waals surface area contributed by atoms with Gasteiger partial charge in [-0.05, 0) is 12.8 Å². The van der Waals surface area contributed by atoms with Crippen LogP contribution in [0.15, 0.2) is 0 Å². The van der Waals surface area contributed by atoms with Crippen LogP contribution in [0.25, 0.3) is 0 Å². The lowest BCUT2D eigenvalue weighted by Gasteiger charge is -2.24. The molecule has 64 valence electrons. The maximum absolute atomic E-state index is 11.2. The van der Waals surface area contributed by atoms with Gasteiger partial charge in [-0.15, -0.1) is 0 Å². The van der Waals surface area contributed by atoms with Crippen LogP contribution in [0.3, 0.4) is 0 Å². The SMILES string of the molecule is C[C@@H](N)CC(=O)CC1CCC1. The minimum atomic E-state index is 0.0441. The zero-order valence-corrected chi connectivity index (χ0v) is 7.18. The lowest BCUT2D eigenvalue weighted by Crippen LogP contribution is -2.23. The van der Waals surface area contributed by atoms with Crippen molar-refractivity contribution in [3.63, 3.8) is 0 Å². The highest BCUT2D eigenvalue weighted by molar-refractivity contribution is 5.79. The second-order valence-corrected chi connectivity index (χ2v) is 3.72. The summed E-state index contributed by atoms with van der Waals surface area (Å²) in [6.45, 7) is 1.89. The van der Waals surface area contributed by atoms with E-state index in [0.29, 0.717) is 18.1 Å². The maximum atomic E-state index is 11.2. The summed E-state index contributed by atoms with van der Waals surface area (Å²) in [5, 5.41) is 0. The molecule has 0 amide bonds. The fourth-order valence-electron chi connectivity index (χ4n) is 1.46. The fourth-order valence-corrected chi connectivity index (χ4v) is 1.46. The van der Waals surface area contributed by atoms with Gasteiger partial charge >= 0.3 is 0 Å². The van der Waals surface area contributed by atoms with Gasteiger partial charge in [-0.1, -0.05) is 19.3 Å². The molecule has 1 fully saturated rings. The van der Waals surface area contributed by atoms with Crippen LogP contribution >= 0.6 is 0 Å². The van der Waals surface area contributed by atoms with Gasteiger partial charge in [0.05, 0.1) is 0 Å². The van der Waals surface area contributed by atoms with Crippen LogP contribution in [-0.4, -0.2) is 11.8 Å². The Hall–Kier alpha value is -0.370. The molecule has 1 atom stereocenters. The monoisotopic (exact) mass is 155 g/mol. The molecule has 1 aliphatic carbocycles. The van der Waals surface area contributed by atoms with Crippen molar-refractivity contribution in [2.45, 2.75) is 45.1 Å². The first kappa shape index (κ1) is 8.72. The standard InChI is InChI=1S/C9H17NO/c1-7(10)5-9(11)6-8-3-2-4-8/h7-8H,2-6,10H2,1H3/t7-/m1/s1. The topological polar surface area (TPSA) is 43.1 Å². The van der Waals surface area contributed by atoms with E-state index in [1.807, 2.05) is 6.92 Å². The lowest BCUT2D eigenvalue weighted by molar-refractivity contribution is -0.120. The summed E-state index contributed by atoms with van der Waals surface area (Å²) in [4.78, 5) is 11.2. The van der Waals surface area contributed by atoms with E-state index >= 15 is 0 Å². The van der Waals surface area contributed by atoms with Crippen LogP contribution in [0, 0.1) is 5.92 Å². The van der Waals surface area contributed by atoms with E-state index < -0.39 is 0 Å². The van der Waals surface area contributed by atoms with Gasteiger partial charge in [0.25, 0.3) is 0 Å². The Labute approximate surface area is 68.2 Å². The molecule has 0 saturated heterocycles. The molecule has 1 rings (SSSR count). The second-order valence-electron chi connectivity index (χ2n) is 3.72.